The molecule has 0 aliphatic carbocycles. The van der Waals surface area contributed by atoms with Gasteiger partial charge in [0.25, 0.3) is 11.8 Å². The van der Waals surface area contributed by atoms with E-state index in [1.807, 2.05) is 12.1 Å². The number of phenolic OH excluding ortho intramolecular Hbond substituents is 1. The number of nitrogens with zero attached hydrogens (tertiary/aromatic N) is 3. The number of ether oxygens (including phenoxy) is 2. The molecule has 0 radical (unpaired) electrons. The molecule has 11 heteroatoms. The number of carbonyl (C=O) groups is 2. The van der Waals surface area contributed by atoms with Crippen LogP contribution < -0.4 is 19.7 Å². The number of aromatic hydroxyl groups is 1. The first kappa shape index (κ1) is 27.4. The minimum Gasteiger partial charge on any atom is -0.507 e. The molecule has 1 aliphatic rings. The number of imidazole rings is 1. The summed E-state index contributed by atoms with van der Waals surface area (Å²) >= 11 is 6.37. The van der Waals surface area contributed by atoms with Gasteiger partial charge >= 0.3 is 0 Å². The van der Waals surface area contributed by atoms with Crippen LogP contribution in [-0.2, 0) is 0 Å². The van der Waals surface area contributed by atoms with Crippen LogP contribution in [0.4, 0.5) is 11.4 Å². The highest BCUT2D eigenvalue weighted by Crippen LogP contribution is 2.48. The number of alkyl halides is 1. The van der Waals surface area contributed by atoms with Crippen molar-refractivity contribution in [1.82, 2.24) is 9.38 Å². The van der Waals surface area contributed by atoms with Crippen LogP contribution in [0.5, 0.6) is 17.2 Å². The molecule has 2 amide bonds. The summed E-state index contributed by atoms with van der Waals surface area (Å²) in [6.45, 7) is 0.404. The lowest BCUT2D eigenvalue weighted by atomic mass is 9.94. The van der Waals surface area contributed by atoms with Gasteiger partial charge in [-0.3, -0.25) is 9.59 Å². The number of nitrogens with one attached hydrogen (secondary N) is 1. The van der Waals surface area contributed by atoms with Crippen molar-refractivity contribution < 1.29 is 29.3 Å². The van der Waals surface area contributed by atoms with Crippen LogP contribution in [0.3, 0.4) is 0 Å². The number of aliphatic hydroxyl groups excluding tert-OH is 1. The summed E-state index contributed by atoms with van der Waals surface area (Å²) in [5.74, 6) is 0.646. The van der Waals surface area contributed by atoms with E-state index in [-0.39, 0.29) is 48.3 Å². The van der Waals surface area contributed by atoms with E-state index in [0.29, 0.717) is 46.0 Å². The van der Waals surface area contributed by atoms with E-state index < -0.39 is 0 Å². The highest BCUT2D eigenvalue weighted by atomic mass is 35.5. The molecule has 5 aromatic rings. The number of anilines is 2. The van der Waals surface area contributed by atoms with Gasteiger partial charge in [0.15, 0.2) is 0 Å². The third-order valence-corrected chi connectivity index (χ3v) is 7.65. The fourth-order valence-corrected chi connectivity index (χ4v) is 5.60. The molecule has 3 aromatic carbocycles. The molecule has 1 atom stereocenters. The molecule has 0 bridgehead atoms. The second-order valence-electron chi connectivity index (χ2n) is 9.84. The molecule has 42 heavy (non-hydrogen) atoms. The van der Waals surface area contributed by atoms with Crippen LogP contribution in [0.15, 0.2) is 73.1 Å². The molecule has 0 saturated carbocycles. The highest BCUT2D eigenvalue weighted by Gasteiger charge is 2.36. The van der Waals surface area contributed by atoms with Crippen LogP contribution in [0.1, 0.15) is 32.3 Å². The number of carbonyl (C=O) groups excluding carboxylic acids is 2. The zero-order valence-electron chi connectivity index (χ0n) is 22.6. The second-order valence-corrected chi connectivity index (χ2v) is 10.1. The van der Waals surface area contributed by atoms with E-state index in [4.69, 9.17) is 26.2 Å². The number of phenols is 1. The van der Waals surface area contributed by atoms with Gasteiger partial charge in [-0.1, -0.05) is 12.1 Å². The summed E-state index contributed by atoms with van der Waals surface area (Å²) in [6, 6.07) is 17.0. The maximum absolute atomic E-state index is 13.8. The molecule has 3 heterocycles. The average molecular weight is 587 g/mol. The van der Waals surface area contributed by atoms with Gasteiger partial charge in [-0.2, -0.15) is 0 Å². The van der Waals surface area contributed by atoms with Crippen molar-refractivity contribution in [2.24, 2.45) is 0 Å². The van der Waals surface area contributed by atoms with Crippen LogP contribution in [0, 0.1) is 0 Å². The number of methoxy groups -OCH3 is 1. The van der Waals surface area contributed by atoms with E-state index in [2.05, 4.69) is 10.3 Å². The minimum absolute atomic E-state index is 0.0402. The van der Waals surface area contributed by atoms with Gasteiger partial charge in [0, 0.05) is 53.1 Å². The normalized spacial score (nSPS) is 14.3. The first-order valence-electron chi connectivity index (χ1n) is 13.3. The third kappa shape index (κ3) is 4.84. The first-order valence-corrected chi connectivity index (χ1v) is 13.8. The predicted octanol–water partition coefficient (Wildman–Crippen LogP) is 4.81. The standard InChI is InChI=1S/C31H27ClN4O6/c1-41-26-4-2-3-22-25(38)13-24-28(29(22)26)19(14-32)15-36(24)31(40)23-17-35-16-20(7-10-27(35)34-23)33-30(39)18-5-8-21(9-6-18)42-12-11-37/h2-10,13,16-17,19,37-38H,11-12,14-15H2,1H3,(H,33,39)/t19-/m1/s1. The number of hydrogen-bond donors (Lipinski definition) is 3. The second kappa shape index (κ2) is 11.2. The van der Waals surface area contributed by atoms with Crippen molar-refractivity contribution in [3.8, 4) is 17.2 Å². The molecule has 214 valence electrons. The van der Waals surface area contributed by atoms with Gasteiger partial charge in [0.05, 0.1) is 25.1 Å². The molecular formula is C31H27ClN4O6. The monoisotopic (exact) mass is 586 g/mol. The summed E-state index contributed by atoms with van der Waals surface area (Å²) < 4.78 is 12.6. The maximum atomic E-state index is 13.8. The van der Waals surface area contributed by atoms with Crippen LogP contribution in [0.25, 0.3) is 16.4 Å². The lowest BCUT2D eigenvalue weighted by molar-refractivity contribution is 0.0982. The lowest BCUT2D eigenvalue weighted by Crippen LogP contribution is -2.30. The zero-order valence-corrected chi connectivity index (χ0v) is 23.3. The van der Waals surface area contributed by atoms with Crippen LogP contribution in [-0.4, -0.2) is 64.2 Å². The average Bonchev–Trinajstić information content (AvgIpc) is 3.61. The van der Waals surface area contributed by atoms with Gasteiger partial charge in [0.2, 0.25) is 0 Å². The smallest absolute Gasteiger partial charge is 0.278 e. The SMILES string of the molecule is COc1cccc2c(O)cc3c(c12)[C@H](CCl)CN3C(=O)c1cn2cc(NC(=O)c3ccc(OCCO)cc3)ccc2n1. The Labute approximate surface area is 245 Å². The molecule has 1 aliphatic heterocycles. The van der Waals surface area contributed by atoms with Crippen molar-refractivity contribution in [2.75, 3.05) is 43.0 Å². The molecule has 3 N–H and O–H groups in total. The number of hydrogen-bond acceptors (Lipinski definition) is 7. The summed E-state index contributed by atoms with van der Waals surface area (Å²) in [5, 5.41) is 23.9. The maximum Gasteiger partial charge on any atom is 0.278 e. The quantitative estimate of drug-likeness (QED) is 0.223. The summed E-state index contributed by atoms with van der Waals surface area (Å²) in [7, 11) is 1.57. The highest BCUT2D eigenvalue weighted by molar-refractivity contribution is 6.19. The fraction of sp³-hybridized carbons (Fsp3) is 0.194. The van der Waals surface area contributed by atoms with E-state index in [1.165, 1.54) is 0 Å². The largest absolute Gasteiger partial charge is 0.507 e. The van der Waals surface area contributed by atoms with Crippen molar-refractivity contribution >= 4 is 51.2 Å². The molecule has 0 spiro atoms. The molecule has 10 nitrogen and oxygen atoms in total. The number of aromatic nitrogens is 2. The number of aliphatic hydroxyl groups is 1. The Bertz CT molecular complexity index is 1820. The summed E-state index contributed by atoms with van der Waals surface area (Å²) in [6.07, 6.45) is 3.29. The van der Waals surface area contributed by atoms with Crippen molar-refractivity contribution in [3.63, 3.8) is 0 Å². The topological polar surface area (TPSA) is 126 Å². The Kier molecular flexibility index (Phi) is 7.32. The van der Waals surface area contributed by atoms with Crippen LogP contribution >= 0.6 is 11.6 Å². The number of rotatable bonds is 8. The molecule has 0 saturated heterocycles. The van der Waals surface area contributed by atoms with Gasteiger partial charge in [-0.05, 0) is 48.0 Å². The first-order chi connectivity index (χ1) is 20.4. The summed E-state index contributed by atoms with van der Waals surface area (Å²) in [4.78, 5) is 32.7. The predicted molar refractivity (Wildman–Crippen MR) is 159 cm³/mol. The van der Waals surface area contributed by atoms with Crippen molar-refractivity contribution in [2.45, 2.75) is 5.92 Å². The third-order valence-electron chi connectivity index (χ3n) is 7.28. The summed E-state index contributed by atoms with van der Waals surface area (Å²) in [5.41, 5.74) is 3.10. The Morgan fingerprint density at radius 1 is 1.12 bits per heavy atom. The minimum atomic E-state index is -0.338. The van der Waals surface area contributed by atoms with Gasteiger partial charge in [0.1, 0.15) is 35.2 Å². The molecular weight excluding hydrogens is 560 g/mol. The van der Waals surface area contributed by atoms with Crippen molar-refractivity contribution in [1.29, 1.82) is 0 Å². The zero-order chi connectivity index (χ0) is 29.4. The molecule has 2 aromatic heterocycles. The van der Waals surface area contributed by atoms with E-state index >= 15 is 0 Å². The van der Waals surface area contributed by atoms with Crippen LogP contribution in [0.2, 0.25) is 0 Å². The van der Waals surface area contributed by atoms with E-state index in [9.17, 15) is 14.7 Å². The Balaban J connectivity index is 1.27. The van der Waals surface area contributed by atoms with Gasteiger partial charge < -0.3 is 34.3 Å². The fourth-order valence-electron chi connectivity index (χ4n) is 5.35. The Hall–Kier alpha value is -4.80. The lowest BCUT2D eigenvalue weighted by Gasteiger charge is -2.17. The molecule has 6 rings (SSSR count). The van der Waals surface area contributed by atoms with E-state index in [0.717, 1.165) is 10.9 Å². The Morgan fingerprint density at radius 2 is 1.93 bits per heavy atom. The number of amides is 2. The van der Waals surface area contributed by atoms with Gasteiger partial charge in [-0.15, -0.1) is 11.6 Å². The van der Waals surface area contributed by atoms with Crippen molar-refractivity contribution in [3.05, 3.63) is 89.9 Å². The Morgan fingerprint density at radius 3 is 2.67 bits per heavy atom. The van der Waals surface area contributed by atoms with E-state index in [1.54, 1.807) is 77.3 Å². The van der Waals surface area contributed by atoms with Gasteiger partial charge in [-0.25, -0.2) is 4.98 Å². The number of pyridine rings is 1. The molecule has 0 unspecified atom stereocenters. The molecule has 0 fully saturated rings. The number of halogens is 1. The number of benzene rings is 3. The number of fused-ring (bicyclic) bond motifs is 4.